The van der Waals surface area contributed by atoms with Crippen LogP contribution in [0.1, 0.15) is 29.4 Å². The van der Waals surface area contributed by atoms with Gasteiger partial charge in [0.2, 0.25) is 0 Å². The van der Waals surface area contributed by atoms with Gasteiger partial charge in [-0.1, -0.05) is 0 Å². The zero-order valence-corrected chi connectivity index (χ0v) is 11.1. The fourth-order valence-electron chi connectivity index (χ4n) is 2.13. The molecule has 1 amide bonds. The SMILES string of the molecule is O=C(Nc1cnn(C2CCNCC2)c1)c1cnsn1. The lowest BCUT2D eigenvalue weighted by molar-refractivity contribution is 0.102. The summed E-state index contributed by atoms with van der Waals surface area (Å²) in [4.78, 5) is 11.8. The van der Waals surface area contributed by atoms with E-state index in [-0.39, 0.29) is 5.91 Å². The third kappa shape index (κ3) is 2.79. The van der Waals surface area contributed by atoms with Gasteiger partial charge in [-0.2, -0.15) is 13.8 Å². The third-order valence-electron chi connectivity index (χ3n) is 3.14. The molecule has 3 heterocycles. The molecule has 0 bridgehead atoms. The molecule has 0 aliphatic carbocycles. The molecule has 0 spiro atoms. The number of nitrogens with zero attached hydrogens (tertiary/aromatic N) is 4. The van der Waals surface area contributed by atoms with Crippen molar-refractivity contribution >= 4 is 23.3 Å². The summed E-state index contributed by atoms with van der Waals surface area (Å²) in [5, 5.41) is 10.4. The maximum atomic E-state index is 11.8. The summed E-state index contributed by atoms with van der Waals surface area (Å²) >= 11 is 1.02. The summed E-state index contributed by atoms with van der Waals surface area (Å²) < 4.78 is 9.62. The quantitative estimate of drug-likeness (QED) is 0.871. The molecule has 8 heteroatoms. The van der Waals surface area contributed by atoms with Crippen LogP contribution in [-0.4, -0.2) is 37.5 Å². The first-order valence-corrected chi connectivity index (χ1v) is 6.90. The molecule has 100 valence electrons. The number of anilines is 1. The molecule has 1 aliphatic rings. The van der Waals surface area contributed by atoms with Gasteiger partial charge in [0.1, 0.15) is 0 Å². The Balaban J connectivity index is 1.66. The van der Waals surface area contributed by atoms with Crippen molar-refractivity contribution < 1.29 is 4.79 Å². The third-order valence-corrected chi connectivity index (χ3v) is 3.61. The molecule has 3 rings (SSSR count). The molecule has 19 heavy (non-hydrogen) atoms. The van der Waals surface area contributed by atoms with Gasteiger partial charge in [-0.3, -0.25) is 9.48 Å². The van der Waals surface area contributed by atoms with Gasteiger partial charge in [-0.25, -0.2) is 0 Å². The first kappa shape index (κ1) is 12.2. The van der Waals surface area contributed by atoms with Gasteiger partial charge >= 0.3 is 0 Å². The lowest BCUT2D eigenvalue weighted by atomic mass is 10.1. The minimum atomic E-state index is -0.251. The second-order valence-electron chi connectivity index (χ2n) is 4.44. The summed E-state index contributed by atoms with van der Waals surface area (Å²) in [6, 6.07) is 0.410. The van der Waals surface area contributed by atoms with Crippen molar-refractivity contribution in [1.29, 1.82) is 0 Å². The van der Waals surface area contributed by atoms with Gasteiger partial charge in [0, 0.05) is 6.20 Å². The number of rotatable bonds is 3. The van der Waals surface area contributed by atoms with Gasteiger partial charge in [0.25, 0.3) is 5.91 Å². The van der Waals surface area contributed by atoms with E-state index in [9.17, 15) is 4.79 Å². The molecule has 2 aromatic rings. The summed E-state index contributed by atoms with van der Waals surface area (Å²) in [6.45, 7) is 2.02. The van der Waals surface area contributed by atoms with E-state index in [4.69, 9.17) is 0 Å². The van der Waals surface area contributed by atoms with E-state index < -0.39 is 0 Å². The second-order valence-corrected chi connectivity index (χ2v) is 4.99. The number of amides is 1. The van der Waals surface area contributed by atoms with Crippen molar-refractivity contribution in [1.82, 2.24) is 23.8 Å². The second kappa shape index (κ2) is 5.45. The Labute approximate surface area is 114 Å². The molecule has 0 atom stereocenters. The van der Waals surface area contributed by atoms with E-state index in [0.717, 1.165) is 37.7 Å². The Morgan fingerprint density at radius 1 is 1.42 bits per heavy atom. The van der Waals surface area contributed by atoms with E-state index in [1.54, 1.807) is 6.20 Å². The van der Waals surface area contributed by atoms with E-state index >= 15 is 0 Å². The van der Waals surface area contributed by atoms with Crippen molar-refractivity contribution in [2.45, 2.75) is 18.9 Å². The van der Waals surface area contributed by atoms with E-state index in [2.05, 4.69) is 24.5 Å². The largest absolute Gasteiger partial charge is 0.318 e. The fourth-order valence-corrected chi connectivity index (χ4v) is 2.55. The average Bonchev–Trinajstić information content (AvgIpc) is 3.11. The van der Waals surface area contributed by atoms with Gasteiger partial charge in [-0.05, 0) is 25.9 Å². The van der Waals surface area contributed by atoms with Gasteiger partial charge in [-0.15, -0.1) is 0 Å². The summed E-state index contributed by atoms with van der Waals surface area (Å²) in [7, 11) is 0. The summed E-state index contributed by atoms with van der Waals surface area (Å²) in [6.07, 6.45) is 7.11. The van der Waals surface area contributed by atoms with Crippen molar-refractivity contribution in [2.75, 3.05) is 18.4 Å². The summed E-state index contributed by atoms with van der Waals surface area (Å²) in [5.74, 6) is -0.251. The van der Waals surface area contributed by atoms with E-state index in [1.807, 2.05) is 10.9 Å². The van der Waals surface area contributed by atoms with Crippen LogP contribution in [0.2, 0.25) is 0 Å². The van der Waals surface area contributed by atoms with E-state index in [0.29, 0.717) is 17.4 Å². The van der Waals surface area contributed by atoms with Gasteiger partial charge in [0.15, 0.2) is 5.69 Å². The highest BCUT2D eigenvalue weighted by Crippen LogP contribution is 2.19. The maximum absolute atomic E-state index is 11.8. The average molecular weight is 278 g/mol. The van der Waals surface area contributed by atoms with Crippen LogP contribution in [0.5, 0.6) is 0 Å². The fraction of sp³-hybridized carbons (Fsp3) is 0.455. The number of aromatic nitrogens is 4. The predicted molar refractivity (Wildman–Crippen MR) is 71.2 cm³/mol. The van der Waals surface area contributed by atoms with Crippen LogP contribution in [0, 0.1) is 0 Å². The Kier molecular flexibility index (Phi) is 3.51. The van der Waals surface area contributed by atoms with Crippen LogP contribution in [0.25, 0.3) is 0 Å². The maximum Gasteiger partial charge on any atom is 0.277 e. The first-order chi connectivity index (χ1) is 9.33. The molecule has 0 unspecified atom stereocenters. The number of piperidine rings is 1. The molecule has 1 saturated heterocycles. The standard InChI is InChI=1S/C11H14N6OS/c18-11(10-6-14-19-16-10)15-8-5-13-17(7-8)9-1-3-12-4-2-9/h5-7,9,12H,1-4H2,(H,15,18). The highest BCUT2D eigenvalue weighted by Gasteiger charge is 2.16. The lowest BCUT2D eigenvalue weighted by Gasteiger charge is -2.22. The minimum absolute atomic E-state index is 0.251. The normalized spacial score (nSPS) is 16.4. The van der Waals surface area contributed by atoms with E-state index in [1.165, 1.54) is 6.20 Å². The van der Waals surface area contributed by atoms with Gasteiger partial charge < -0.3 is 10.6 Å². The first-order valence-electron chi connectivity index (χ1n) is 6.17. The summed E-state index contributed by atoms with van der Waals surface area (Å²) in [5.41, 5.74) is 1.02. The van der Waals surface area contributed by atoms with Crippen molar-refractivity contribution in [2.24, 2.45) is 0 Å². The highest BCUT2D eigenvalue weighted by atomic mass is 32.1. The van der Waals surface area contributed by atoms with Crippen LogP contribution < -0.4 is 10.6 Å². The Morgan fingerprint density at radius 3 is 3.00 bits per heavy atom. The van der Waals surface area contributed by atoms with Crippen molar-refractivity contribution in [3.05, 3.63) is 24.3 Å². The topological polar surface area (TPSA) is 84.7 Å². The number of carbonyl (C=O) groups excluding carboxylic acids is 1. The molecule has 2 N–H and O–H groups in total. The number of hydrogen-bond donors (Lipinski definition) is 2. The number of nitrogens with one attached hydrogen (secondary N) is 2. The zero-order valence-electron chi connectivity index (χ0n) is 10.2. The smallest absolute Gasteiger partial charge is 0.277 e. The molecule has 0 aromatic carbocycles. The number of carbonyl (C=O) groups is 1. The van der Waals surface area contributed by atoms with Crippen LogP contribution in [-0.2, 0) is 0 Å². The Bertz CT molecular complexity index is 545. The molecule has 0 radical (unpaired) electrons. The van der Waals surface area contributed by atoms with Crippen molar-refractivity contribution in [3.63, 3.8) is 0 Å². The molecule has 1 fully saturated rings. The molecular weight excluding hydrogens is 264 g/mol. The monoisotopic (exact) mass is 278 g/mol. The van der Waals surface area contributed by atoms with Gasteiger partial charge in [0.05, 0.1) is 35.9 Å². The molecular formula is C11H14N6OS. The Hall–Kier alpha value is -1.80. The van der Waals surface area contributed by atoms with Crippen LogP contribution in [0.15, 0.2) is 18.6 Å². The lowest BCUT2D eigenvalue weighted by Crippen LogP contribution is -2.29. The highest BCUT2D eigenvalue weighted by molar-refractivity contribution is 6.99. The predicted octanol–water partition coefficient (Wildman–Crippen LogP) is 0.911. The van der Waals surface area contributed by atoms with Crippen LogP contribution in [0.3, 0.4) is 0 Å². The molecule has 1 aliphatic heterocycles. The Morgan fingerprint density at radius 2 is 2.26 bits per heavy atom. The van der Waals surface area contributed by atoms with Crippen molar-refractivity contribution in [3.8, 4) is 0 Å². The van der Waals surface area contributed by atoms with Crippen LogP contribution >= 0.6 is 11.7 Å². The van der Waals surface area contributed by atoms with Crippen LogP contribution in [0.4, 0.5) is 5.69 Å². The minimum Gasteiger partial charge on any atom is -0.318 e. The number of hydrogen-bond acceptors (Lipinski definition) is 6. The zero-order chi connectivity index (χ0) is 13.1. The molecule has 0 saturated carbocycles. The molecule has 2 aromatic heterocycles. The molecule has 7 nitrogen and oxygen atoms in total.